The number of amides is 1. The first kappa shape index (κ1) is 15.3. The van der Waals surface area contributed by atoms with Gasteiger partial charge in [-0.2, -0.15) is 4.39 Å². The van der Waals surface area contributed by atoms with Crippen molar-refractivity contribution in [1.82, 2.24) is 14.5 Å². The van der Waals surface area contributed by atoms with Crippen molar-refractivity contribution in [3.05, 3.63) is 71.6 Å². The predicted molar refractivity (Wildman–Crippen MR) is 96.7 cm³/mol. The van der Waals surface area contributed by atoms with E-state index >= 15 is 0 Å². The lowest BCUT2D eigenvalue weighted by Crippen LogP contribution is -2.36. The van der Waals surface area contributed by atoms with E-state index in [1.807, 2.05) is 47.8 Å². The molecular formula is C21H18FN3O. The van der Waals surface area contributed by atoms with Crippen molar-refractivity contribution in [2.24, 2.45) is 0 Å². The zero-order valence-corrected chi connectivity index (χ0v) is 14.7. The van der Waals surface area contributed by atoms with Crippen LogP contribution in [0.4, 0.5) is 4.39 Å². The summed E-state index contributed by atoms with van der Waals surface area (Å²) in [6.45, 7) is 1.81. The van der Waals surface area contributed by atoms with Crippen molar-refractivity contribution in [3.63, 3.8) is 0 Å². The summed E-state index contributed by atoms with van der Waals surface area (Å²) in [5.41, 5.74) is 5.17. The van der Waals surface area contributed by atoms with Crippen molar-refractivity contribution in [2.75, 3.05) is 7.05 Å². The van der Waals surface area contributed by atoms with Crippen molar-refractivity contribution in [2.45, 2.75) is 25.3 Å². The van der Waals surface area contributed by atoms with Crippen molar-refractivity contribution < 1.29 is 9.18 Å². The summed E-state index contributed by atoms with van der Waals surface area (Å²) in [4.78, 5) is 18.7. The highest BCUT2D eigenvalue weighted by molar-refractivity contribution is 5.95. The first-order valence-electron chi connectivity index (χ1n) is 8.75. The van der Waals surface area contributed by atoms with E-state index in [9.17, 15) is 9.18 Å². The normalized spacial score (nSPS) is 17.0. The summed E-state index contributed by atoms with van der Waals surface area (Å²) in [6.07, 6.45) is 3.88. The molecule has 1 aromatic carbocycles. The van der Waals surface area contributed by atoms with E-state index < -0.39 is 5.95 Å². The highest BCUT2D eigenvalue weighted by Gasteiger charge is 2.53. The minimum Gasteiger partial charge on any atom is -0.331 e. The Kier molecular flexibility index (Phi) is 2.97. The Morgan fingerprint density at radius 3 is 2.69 bits per heavy atom. The Bertz CT molecular complexity index is 1060. The van der Waals surface area contributed by atoms with Crippen molar-refractivity contribution in [1.29, 1.82) is 0 Å². The minimum absolute atomic E-state index is 0.0462. The quantitative estimate of drug-likeness (QED) is 0.623. The van der Waals surface area contributed by atoms with Crippen LogP contribution in [0.1, 0.15) is 34.6 Å². The monoisotopic (exact) mass is 347 g/mol. The number of pyridine rings is 1. The fraction of sp³-hybridized carbons (Fsp3) is 0.238. The van der Waals surface area contributed by atoms with Gasteiger partial charge < -0.3 is 9.47 Å². The first-order chi connectivity index (χ1) is 12.5. The topological polar surface area (TPSA) is 38.1 Å². The van der Waals surface area contributed by atoms with Crippen molar-refractivity contribution >= 4 is 5.91 Å². The number of hydrogen-bond donors (Lipinski definition) is 0. The standard InChI is InChI=1S/C21H18FN3O/c1-13-15(6-8-19(22)23-13)14-5-7-16-18(12-14)25-11-3-4-17(25)20(26)24(2)21(16)9-10-21/h3-8,11-12H,9-10H2,1-2H3. The Morgan fingerprint density at radius 2 is 1.96 bits per heavy atom. The summed E-state index contributed by atoms with van der Waals surface area (Å²) >= 11 is 0. The lowest BCUT2D eigenvalue weighted by atomic mass is 9.96. The summed E-state index contributed by atoms with van der Waals surface area (Å²) in [5, 5.41) is 0. The maximum absolute atomic E-state index is 13.4. The number of carbonyl (C=O) groups is 1. The van der Waals surface area contributed by atoms with Gasteiger partial charge in [-0.3, -0.25) is 4.79 Å². The molecule has 5 heteroatoms. The third-order valence-corrected chi connectivity index (χ3v) is 5.76. The predicted octanol–water partition coefficient (Wildman–Crippen LogP) is 4.06. The minimum atomic E-state index is -0.474. The molecule has 2 aliphatic rings. The van der Waals surface area contributed by atoms with Gasteiger partial charge in [0.1, 0.15) is 5.69 Å². The fourth-order valence-corrected chi connectivity index (χ4v) is 4.16. The first-order valence-corrected chi connectivity index (χ1v) is 8.75. The van der Waals surface area contributed by atoms with Crippen LogP contribution in [0.2, 0.25) is 0 Å². The third-order valence-electron chi connectivity index (χ3n) is 5.76. The second-order valence-corrected chi connectivity index (χ2v) is 7.16. The number of fused-ring (bicyclic) bond motifs is 4. The van der Waals surface area contributed by atoms with Gasteiger partial charge in [0.15, 0.2) is 0 Å². The number of carbonyl (C=O) groups excluding carboxylic acids is 1. The largest absolute Gasteiger partial charge is 0.331 e. The number of rotatable bonds is 1. The molecule has 4 nitrogen and oxygen atoms in total. The molecule has 130 valence electrons. The van der Waals surface area contributed by atoms with Crippen LogP contribution in [0.15, 0.2) is 48.7 Å². The molecule has 3 aromatic rings. The number of aryl methyl sites for hydroxylation is 1. The van der Waals surface area contributed by atoms with Crippen LogP contribution in [0.25, 0.3) is 16.8 Å². The van der Waals surface area contributed by atoms with Crippen molar-refractivity contribution in [3.8, 4) is 16.8 Å². The number of benzene rings is 1. The molecule has 0 N–H and O–H groups in total. The van der Waals surface area contributed by atoms with Crippen LogP contribution in [-0.2, 0) is 5.54 Å². The average Bonchev–Trinajstić information content (AvgIpc) is 3.30. The molecule has 3 heterocycles. The van der Waals surface area contributed by atoms with E-state index in [0.29, 0.717) is 11.4 Å². The molecule has 0 bridgehead atoms. The van der Waals surface area contributed by atoms with Crippen LogP contribution in [0.5, 0.6) is 0 Å². The van der Waals surface area contributed by atoms with Gasteiger partial charge in [0.05, 0.1) is 11.2 Å². The number of nitrogens with zero attached hydrogens (tertiary/aromatic N) is 3. The van der Waals surface area contributed by atoms with Crippen LogP contribution in [0.3, 0.4) is 0 Å². The molecule has 1 aliphatic carbocycles. The molecule has 1 aliphatic heterocycles. The van der Waals surface area contributed by atoms with E-state index in [-0.39, 0.29) is 11.4 Å². The second kappa shape index (κ2) is 5.04. The molecule has 5 rings (SSSR count). The van der Waals surface area contributed by atoms with Gasteiger partial charge in [0, 0.05) is 30.1 Å². The molecule has 2 aromatic heterocycles. The highest BCUT2D eigenvalue weighted by atomic mass is 19.1. The molecule has 26 heavy (non-hydrogen) atoms. The number of halogens is 1. The highest BCUT2D eigenvalue weighted by Crippen LogP contribution is 2.54. The van der Waals surface area contributed by atoms with Crippen LogP contribution in [0, 0.1) is 12.9 Å². The zero-order valence-electron chi connectivity index (χ0n) is 14.7. The van der Waals surface area contributed by atoms with Crippen LogP contribution < -0.4 is 0 Å². The SMILES string of the molecule is Cc1nc(F)ccc1-c1ccc2c(c1)-n1cccc1C(=O)N(C)C21CC1. The average molecular weight is 347 g/mol. The van der Waals surface area contributed by atoms with Gasteiger partial charge in [0.25, 0.3) is 5.91 Å². The van der Waals surface area contributed by atoms with Crippen LogP contribution in [-0.4, -0.2) is 27.4 Å². The smallest absolute Gasteiger partial charge is 0.271 e. The van der Waals surface area contributed by atoms with E-state index in [1.54, 1.807) is 6.07 Å². The van der Waals surface area contributed by atoms with Crippen LogP contribution >= 0.6 is 0 Å². The maximum atomic E-state index is 13.4. The summed E-state index contributed by atoms with van der Waals surface area (Å²) in [6, 6.07) is 13.2. The van der Waals surface area contributed by atoms with Gasteiger partial charge in [0.2, 0.25) is 5.95 Å². The molecule has 1 spiro atoms. The molecule has 1 amide bonds. The Labute approximate surface area is 150 Å². The Morgan fingerprint density at radius 1 is 1.15 bits per heavy atom. The molecule has 0 atom stereocenters. The molecule has 0 unspecified atom stereocenters. The number of aromatic nitrogens is 2. The number of hydrogen-bond acceptors (Lipinski definition) is 2. The Hall–Kier alpha value is -2.95. The molecule has 0 radical (unpaired) electrons. The van der Waals surface area contributed by atoms with E-state index in [4.69, 9.17) is 0 Å². The van der Waals surface area contributed by atoms with E-state index in [0.717, 1.165) is 29.7 Å². The second-order valence-electron chi connectivity index (χ2n) is 7.16. The van der Waals surface area contributed by atoms with Gasteiger partial charge >= 0.3 is 0 Å². The van der Waals surface area contributed by atoms with Gasteiger partial charge in [-0.05, 0) is 55.7 Å². The molecule has 0 saturated heterocycles. The summed E-state index contributed by atoms with van der Waals surface area (Å²) in [7, 11) is 1.89. The Balaban J connectivity index is 1.76. The van der Waals surface area contributed by atoms with Gasteiger partial charge in [-0.1, -0.05) is 12.1 Å². The summed E-state index contributed by atoms with van der Waals surface area (Å²) in [5.74, 6) is -0.428. The third kappa shape index (κ3) is 1.94. The molecular weight excluding hydrogens is 329 g/mol. The van der Waals surface area contributed by atoms with Gasteiger partial charge in [-0.15, -0.1) is 0 Å². The molecule has 1 saturated carbocycles. The van der Waals surface area contributed by atoms with Gasteiger partial charge in [-0.25, -0.2) is 4.98 Å². The lowest BCUT2D eigenvalue weighted by molar-refractivity contribution is 0.0705. The molecule has 1 fully saturated rings. The van der Waals surface area contributed by atoms with E-state index in [1.165, 1.54) is 11.6 Å². The lowest BCUT2D eigenvalue weighted by Gasteiger charge is -2.27. The zero-order chi connectivity index (χ0) is 18.1. The van der Waals surface area contributed by atoms with E-state index in [2.05, 4.69) is 17.1 Å². The fourth-order valence-electron chi connectivity index (χ4n) is 4.16. The summed E-state index contributed by atoms with van der Waals surface area (Å²) < 4.78 is 15.4. The maximum Gasteiger partial charge on any atom is 0.271 e.